The summed E-state index contributed by atoms with van der Waals surface area (Å²) < 4.78 is 52.2. The van der Waals surface area contributed by atoms with Gasteiger partial charge in [0.05, 0.1) is 15.4 Å². The molecular weight excluding hydrogens is 480 g/mol. The van der Waals surface area contributed by atoms with Crippen molar-refractivity contribution >= 4 is 37.5 Å². The summed E-state index contributed by atoms with van der Waals surface area (Å²) in [5, 5.41) is 0. The van der Waals surface area contributed by atoms with Crippen LogP contribution in [0.4, 0.5) is 0 Å². The summed E-state index contributed by atoms with van der Waals surface area (Å²) in [6, 6.07) is 10.2. The highest BCUT2D eigenvalue weighted by Gasteiger charge is 2.24. The molecule has 1 saturated heterocycles. The van der Waals surface area contributed by atoms with Gasteiger partial charge in [0.25, 0.3) is 5.91 Å². The van der Waals surface area contributed by atoms with E-state index in [4.69, 9.17) is 0 Å². The molecule has 180 valence electrons. The van der Waals surface area contributed by atoms with Gasteiger partial charge in [-0.25, -0.2) is 21.6 Å². The number of hydrogen-bond acceptors (Lipinski definition) is 6. The van der Waals surface area contributed by atoms with Crippen molar-refractivity contribution in [2.75, 3.05) is 25.6 Å². The van der Waals surface area contributed by atoms with Crippen LogP contribution in [0.1, 0.15) is 54.6 Å². The number of carbonyl (C=O) groups is 1. The van der Waals surface area contributed by atoms with Crippen LogP contribution in [0.2, 0.25) is 0 Å². The molecule has 1 amide bonds. The molecule has 33 heavy (non-hydrogen) atoms. The topological polar surface area (TPSA) is 101 Å². The van der Waals surface area contributed by atoms with Gasteiger partial charge in [-0.1, -0.05) is 25.0 Å². The third kappa shape index (κ3) is 6.38. The van der Waals surface area contributed by atoms with E-state index in [1.165, 1.54) is 36.0 Å². The van der Waals surface area contributed by atoms with Gasteiger partial charge in [-0.05, 0) is 61.9 Å². The Balaban J connectivity index is 1.85. The molecule has 1 atom stereocenters. The Bertz CT molecular complexity index is 1200. The van der Waals surface area contributed by atoms with Crippen molar-refractivity contribution in [2.24, 2.45) is 0 Å². The van der Waals surface area contributed by atoms with Gasteiger partial charge >= 0.3 is 0 Å². The Hall–Kier alpha value is -1.88. The first kappa shape index (κ1) is 25.7. The molecule has 10 heteroatoms. The second kappa shape index (κ2) is 10.6. The molecule has 0 radical (unpaired) electrons. The van der Waals surface area contributed by atoms with Crippen LogP contribution in [0.15, 0.2) is 57.2 Å². The van der Waals surface area contributed by atoms with Crippen molar-refractivity contribution in [2.45, 2.75) is 53.3 Å². The van der Waals surface area contributed by atoms with E-state index in [9.17, 15) is 21.6 Å². The van der Waals surface area contributed by atoms with Crippen LogP contribution in [0.25, 0.3) is 0 Å². The first-order valence-corrected chi connectivity index (χ1v) is 15.4. The standard InChI is InChI=1S/C23H30N2O5S3/c1-17(18-8-10-19(11-9-18)32(3,27)28)24-33(29,30)20-12-13-22(31-2)21(16-20)23(26)25-14-6-4-5-7-15-25/h8-13,16-17,24H,4-7,14-15H2,1-3H3/t17-/m0/s1. The molecular formula is C23H30N2O5S3. The number of amides is 1. The van der Waals surface area contributed by atoms with Crippen molar-refractivity contribution in [1.82, 2.24) is 9.62 Å². The highest BCUT2D eigenvalue weighted by Crippen LogP contribution is 2.27. The maximum atomic E-state index is 13.2. The minimum absolute atomic E-state index is 0.0260. The van der Waals surface area contributed by atoms with E-state index < -0.39 is 25.9 Å². The number of likely N-dealkylation sites (tertiary alicyclic amines) is 1. The fourth-order valence-electron chi connectivity index (χ4n) is 3.84. The molecule has 2 aromatic rings. The molecule has 7 nitrogen and oxygen atoms in total. The van der Waals surface area contributed by atoms with Gasteiger partial charge in [-0.15, -0.1) is 11.8 Å². The lowest BCUT2D eigenvalue weighted by molar-refractivity contribution is 0.0758. The summed E-state index contributed by atoms with van der Waals surface area (Å²) in [5.74, 6) is -0.136. The van der Waals surface area contributed by atoms with Gasteiger partial charge in [0.15, 0.2) is 9.84 Å². The summed E-state index contributed by atoms with van der Waals surface area (Å²) in [6.45, 7) is 3.05. The maximum Gasteiger partial charge on any atom is 0.255 e. The average molecular weight is 511 g/mol. The molecule has 0 bridgehead atoms. The lowest BCUT2D eigenvalue weighted by Gasteiger charge is -2.22. The summed E-state index contributed by atoms with van der Waals surface area (Å²) in [5.41, 5.74) is 1.03. The monoisotopic (exact) mass is 510 g/mol. The minimum Gasteiger partial charge on any atom is -0.339 e. The fourth-order valence-corrected chi connectivity index (χ4v) is 6.30. The number of rotatable bonds is 7. The van der Waals surface area contributed by atoms with Gasteiger partial charge in [0.1, 0.15) is 0 Å². The molecule has 0 saturated carbocycles. The van der Waals surface area contributed by atoms with Gasteiger partial charge < -0.3 is 4.90 Å². The van der Waals surface area contributed by atoms with Crippen LogP contribution in [0, 0.1) is 0 Å². The second-order valence-electron chi connectivity index (χ2n) is 8.25. The number of hydrogen-bond donors (Lipinski definition) is 1. The van der Waals surface area contributed by atoms with E-state index in [1.54, 1.807) is 25.1 Å². The zero-order valence-corrected chi connectivity index (χ0v) is 21.5. The van der Waals surface area contributed by atoms with Gasteiger partial charge in [-0.3, -0.25) is 4.79 Å². The van der Waals surface area contributed by atoms with Crippen molar-refractivity contribution in [3.63, 3.8) is 0 Å². The first-order valence-electron chi connectivity index (χ1n) is 10.8. The number of sulfone groups is 1. The Morgan fingerprint density at radius 3 is 2.06 bits per heavy atom. The lowest BCUT2D eigenvalue weighted by Crippen LogP contribution is -2.32. The molecule has 1 fully saturated rings. The number of carbonyl (C=O) groups excluding carboxylic acids is 1. The summed E-state index contributed by atoms with van der Waals surface area (Å²) in [4.78, 5) is 16.0. The molecule has 1 heterocycles. The van der Waals surface area contributed by atoms with Crippen molar-refractivity contribution in [3.8, 4) is 0 Å². The van der Waals surface area contributed by atoms with Crippen LogP contribution in [0.5, 0.6) is 0 Å². The molecule has 0 aromatic heterocycles. The normalized spacial score (nSPS) is 16.3. The average Bonchev–Trinajstić information content (AvgIpc) is 3.07. The fraction of sp³-hybridized carbons (Fsp3) is 0.435. The second-order valence-corrected chi connectivity index (χ2v) is 12.8. The Labute approximate surface area is 200 Å². The number of benzene rings is 2. The molecule has 1 N–H and O–H groups in total. The van der Waals surface area contributed by atoms with E-state index in [2.05, 4.69) is 4.72 Å². The van der Waals surface area contributed by atoms with Gasteiger partial charge in [-0.2, -0.15) is 0 Å². The summed E-state index contributed by atoms with van der Waals surface area (Å²) >= 11 is 1.41. The molecule has 1 aliphatic rings. The van der Waals surface area contributed by atoms with Crippen LogP contribution >= 0.6 is 11.8 Å². The van der Waals surface area contributed by atoms with Crippen molar-refractivity contribution in [1.29, 1.82) is 0 Å². The van der Waals surface area contributed by atoms with Crippen LogP contribution in [-0.4, -0.2) is 53.2 Å². The van der Waals surface area contributed by atoms with Crippen molar-refractivity contribution < 1.29 is 21.6 Å². The van der Waals surface area contributed by atoms with E-state index in [1.807, 2.05) is 11.2 Å². The predicted octanol–water partition coefficient (Wildman–Crippen LogP) is 3.87. The van der Waals surface area contributed by atoms with Crippen LogP contribution in [-0.2, 0) is 19.9 Å². The zero-order valence-electron chi connectivity index (χ0n) is 19.1. The maximum absolute atomic E-state index is 13.2. The highest BCUT2D eigenvalue weighted by molar-refractivity contribution is 7.98. The van der Waals surface area contributed by atoms with E-state index in [0.29, 0.717) is 24.2 Å². The molecule has 0 unspecified atom stereocenters. The molecule has 1 aliphatic heterocycles. The predicted molar refractivity (Wildman–Crippen MR) is 131 cm³/mol. The van der Waals surface area contributed by atoms with Crippen LogP contribution in [0.3, 0.4) is 0 Å². The van der Waals surface area contributed by atoms with E-state index in [-0.39, 0.29) is 15.7 Å². The number of nitrogens with zero attached hydrogens (tertiary/aromatic N) is 1. The SMILES string of the molecule is CSc1ccc(S(=O)(=O)N[C@@H](C)c2ccc(S(C)(=O)=O)cc2)cc1C(=O)N1CCCCCC1. The summed E-state index contributed by atoms with van der Waals surface area (Å²) in [6.07, 6.45) is 7.09. The minimum atomic E-state index is -3.91. The van der Waals surface area contributed by atoms with Gasteiger partial charge in [0.2, 0.25) is 10.0 Å². The van der Waals surface area contributed by atoms with Crippen molar-refractivity contribution in [3.05, 3.63) is 53.6 Å². The molecule has 2 aromatic carbocycles. The number of nitrogens with one attached hydrogen (secondary N) is 1. The smallest absolute Gasteiger partial charge is 0.255 e. The van der Waals surface area contributed by atoms with Crippen LogP contribution < -0.4 is 4.72 Å². The quantitative estimate of drug-likeness (QED) is 0.568. The first-order chi connectivity index (χ1) is 15.5. The third-order valence-electron chi connectivity index (χ3n) is 5.75. The third-order valence-corrected chi connectivity index (χ3v) is 9.21. The van der Waals surface area contributed by atoms with E-state index >= 15 is 0 Å². The zero-order chi connectivity index (χ0) is 24.2. The van der Waals surface area contributed by atoms with E-state index in [0.717, 1.165) is 36.8 Å². The Kier molecular flexibility index (Phi) is 8.26. The summed E-state index contributed by atoms with van der Waals surface area (Å²) in [7, 11) is -7.24. The Morgan fingerprint density at radius 1 is 0.939 bits per heavy atom. The molecule has 3 rings (SSSR count). The number of thioether (sulfide) groups is 1. The van der Waals surface area contributed by atoms with Gasteiger partial charge in [0, 0.05) is 30.3 Å². The number of sulfonamides is 1. The largest absolute Gasteiger partial charge is 0.339 e. The lowest BCUT2D eigenvalue weighted by atomic mass is 10.1. The molecule has 0 aliphatic carbocycles. The Morgan fingerprint density at radius 2 is 1.52 bits per heavy atom. The highest BCUT2D eigenvalue weighted by atomic mass is 32.2. The molecule has 0 spiro atoms.